The van der Waals surface area contributed by atoms with Crippen molar-refractivity contribution >= 4 is 30.0 Å². The summed E-state index contributed by atoms with van der Waals surface area (Å²) in [6, 6.07) is 4.31. The number of pyridine rings is 1. The molecule has 6 heteroatoms. The molecule has 2 heterocycles. The highest BCUT2D eigenvalue weighted by Crippen LogP contribution is 2.36. The number of aromatic nitrogens is 1. The summed E-state index contributed by atoms with van der Waals surface area (Å²) < 4.78 is 12.1. The molecule has 20 heavy (non-hydrogen) atoms. The largest absolute Gasteiger partial charge is 0.495 e. The number of anilines is 1. The van der Waals surface area contributed by atoms with Crippen LogP contribution in [0.25, 0.3) is 0 Å². The molecule has 1 saturated carbocycles. The molecule has 1 saturated heterocycles. The SMILES string of the molecule is CC1(C)OB(c2cc(Cl)nc(NC3CC3)c2)OC1(C)C. The number of nitrogens with one attached hydrogen (secondary N) is 1. The van der Waals surface area contributed by atoms with Crippen LogP contribution in [-0.4, -0.2) is 29.3 Å². The highest BCUT2D eigenvalue weighted by atomic mass is 35.5. The Labute approximate surface area is 125 Å². The van der Waals surface area contributed by atoms with Gasteiger partial charge in [-0.05, 0) is 58.1 Å². The number of halogens is 1. The molecule has 2 fully saturated rings. The van der Waals surface area contributed by atoms with Gasteiger partial charge in [0, 0.05) is 6.04 Å². The van der Waals surface area contributed by atoms with E-state index in [1.807, 2.05) is 39.8 Å². The van der Waals surface area contributed by atoms with Gasteiger partial charge in [0.05, 0.1) is 11.2 Å². The summed E-state index contributed by atoms with van der Waals surface area (Å²) in [6.45, 7) is 8.16. The fourth-order valence-corrected chi connectivity index (χ4v) is 2.36. The lowest BCUT2D eigenvalue weighted by Gasteiger charge is -2.32. The third kappa shape index (κ3) is 2.67. The van der Waals surface area contributed by atoms with Crippen LogP contribution >= 0.6 is 11.6 Å². The predicted molar refractivity (Wildman–Crippen MR) is 81.6 cm³/mol. The van der Waals surface area contributed by atoms with Crippen LogP contribution in [0.5, 0.6) is 0 Å². The molecule has 1 aliphatic heterocycles. The molecule has 0 amide bonds. The minimum atomic E-state index is -0.403. The maximum atomic E-state index is 6.11. The highest BCUT2D eigenvalue weighted by molar-refractivity contribution is 6.62. The van der Waals surface area contributed by atoms with Crippen molar-refractivity contribution in [2.24, 2.45) is 0 Å². The van der Waals surface area contributed by atoms with Gasteiger partial charge in [-0.3, -0.25) is 0 Å². The van der Waals surface area contributed by atoms with Crippen LogP contribution in [0, 0.1) is 0 Å². The van der Waals surface area contributed by atoms with Gasteiger partial charge in [0.25, 0.3) is 0 Å². The molecule has 4 nitrogen and oxygen atoms in total. The molecule has 0 bridgehead atoms. The monoisotopic (exact) mass is 294 g/mol. The average Bonchev–Trinajstić information content (AvgIpc) is 3.06. The van der Waals surface area contributed by atoms with Gasteiger partial charge in [-0.2, -0.15) is 0 Å². The van der Waals surface area contributed by atoms with Crippen LogP contribution in [0.2, 0.25) is 5.15 Å². The van der Waals surface area contributed by atoms with Crippen molar-refractivity contribution in [3.05, 3.63) is 17.3 Å². The second-order valence-electron chi connectivity index (χ2n) is 6.62. The second-order valence-corrected chi connectivity index (χ2v) is 7.00. The van der Waals surface area contributed by atoms with E-state index in [-0.39, 0.29) is 11.2 Å². The van der Waals surface area contributed by atoms with E-state index in [9.17, 15) is 0 Å². The van der Waals surface area contributed by atoms with Crippen molar-refractivity contribution in [3.63, 3.8) is 0 Å². The van der Waals surface area contributed by atoms with E-state index in [1.54, 1.807) is 0 Å². The standard InChI is InChI=1S/C14H20BClN2O2/c1-13(2)14(3,4)20-15(19-13)9-7-11(16)18-12(8-9)17-10-5-6-10/h7-8,10H,5-6H2,1-4H3,(H,17,18). The Morgan fingerprint density at radius 2 is 1.80 bits per heavy atom. The Balaban J connectivity index is 1.85. The van der Waals surface area contributed by atoms with E-state index in [0.29, 0.717) is 11.2 Å². The van der Waals surface area contributed by atoms with Crippen molar-refractivity contribution in [1.82, 2.24) is 4.98 Å². The minimum absolute atomic E-state index is 0.350. The molecule has 1 aliphatic carbocycles. The van der Waals surface area contributed by atoms with E-state index < -0.39 is 7.12 Å². The summed E-state index contributed by atoms with van der Waals surface area (Å²) in [7, 11) is -0.403. The van der Waals surface area contributed by atoms with Gasteiger partial charge in [-0.15, -0.1) is 0 Å². The fourth-order valence-electron chi connectivity index (χ4n) is 2.14. The van der Waals surface area contributed by atoms with Crippen molar-refractivity contribution in [3.8, 4) is 0 Å². The maximum absolute atomic E-state index is 6.11. The average molecular weight is 295 g/mol. The molecular formula is C14H20BClN2O2. The van der Waals surface area contributed by atoms with Crippen molar-refractivity contribution in [2.75, 3.05) is 5.32 Å². The molecule has 0 radical (unpaired) electrons. The molecular weight excluding hydrogens is 274 g/mol. The topological polar surface area (TPSA) is 43.4 Å². The number of nitrogens with zero attached hydrogens (tertiary/aromatic N) is 1. The van der Waals surface area contributed by atoms with Crippen molar-refractivity contribution in [2.45, 2.75) is 57.8 Å². The van der Waals surface area contributed by atoms with Crippen LogP contribution < -0.4 is 10.8 Å². The van der Waals surface area contributed by atoms with Gasteiger partial charge in [0.2, 0.25) is 0 Å². The summed E-state index contributed by atoms with van der Waals surface area (Å²) in [5.74, 6) is 0.796. The van der Waals surface area contributed by atoms with Gasteiger partial charge in [0.1, 0.15) is 11.0 Å². The van der Waals surface area contributed by atoms with Crippen LogP contribution in [0.15, 0.2) is 12.1 Å². The molecule has 0 atom stereocenters. The molecule has 1 aromatic rings. The summed E-state index contributed by atoms with van der Waals surface area (Å²) in [5.41, 5.74) is 0.210. The maximum Gasteiger partial charge on any atom is 0.495 e. The number of rotatable bonds is 3. The van der Waals surface area contributed by atoms with Crippen molar-refractivity contribution < 1.29 is 9.31 Å². The van der Waals surface area contributed by atoms with Gasteiger partial charge < -0.3 is 14.6 Å². The molecule has 1 N–H and O–H groups in total. The van der Waals surface area contributed by atoms with E-state index >= 15 is 0 Å². The van der Waals surface area contributed by atoms with Crippen LogP contribution in [0.1, 0.15) is 40.5 Å². The summed E-state index contributed by atoms with van der Waals surface area (Å²) in [5, 5.41) is 3.81. The smallest absolute Gasteiger partial charge is 0.399 e. The third-order valence-electron chi connectivity index (χ3n) is 4.27. The number of hydrogen-bond donors (Lipinski definition) is 1. The first-order valence-corrected chi connectivity index (χ1v) is 7.44. The Morgan fingerprint density at radius 1 is 1.20 bits per heavy atom. The first-order chi connectivity index (χ1) is 9.27. The quantitative estimate of drug-likeness (QED) is 0.687. The lowest BCUT2D eigenvalue weighted by atomic mass is 9.79. The molecule has 0 aromatic carbocycles. The lowest BCUT2D eigenvalue weighted by molar-refractivity contribution is 0.00578. The molecule has 2 aliphatic rings. The van der Waals surface area contributed by atoms with E-state index in [1.165, 1.54) is 12.8 Å². The normalized spacial score (nSPS) is 23.9. The van der Waals surface area contributed by atoms with Crippen LogP contribution in [0.3, 0.4) is 0 Å². The van der Waals surface area contributed by atoms with E-state index in [2.05, 4.69) is 10.3 Å². The van der Waals surface area contributed by atoms with Gasteiger partial charge in [-0.25, -0.2) is 4.98 Å². The molecule has 0 unspecified atom stereocenters. The van der Waals surface area contributed by atoms with Gasteiger partial charge in [0.15, 0.2) is 0 Å². The highest BCUT2D eigenvalue weighted by Gasteiger charge is 2.51. The molecule has 3 rings (SSSR count). The Bertz CT molecular complexity index is 516. The fraction of sp³-hybridized carbons (Fsp3) is 0.643. The zero-order valence-electron chi connectivity index (χ0n) is 12.4. The predicted octanol–water partition coefficient (Wildman–Crippen LogP) is 2.61. The van der Waals surface area contributed by atoms with Gasteiger partial charge >= 0.3 is 7.12 Å². The van der Waals surface area contributed by atoms with E-state index in [0.717, 1.165) is 11.3 Å². The Kier molecular flexibility index (Phi) is 3.27. The molecule has 0 spiro atoms. The second kappa shape index (κ2) is 4.62. The first-order valence-electron chi connectivity index (χ1n) is 7.06. The number of hydrogen-bond acceptors (Lipinski definition) is 4. The first kappa shape index (κ1) is 14.2. The lowest BCUT2D eigenvalue weighted by Crippen LogP contribution is -2.41. The third-order valence-corrected chi connectivity index (χ3v) is 4.46. The zero-order chi connectivity index (χ0) is 14.5. The van der Waals surface area contributed by atoms with Crippen LogP contribution in [-0.2, 0) is 9.31 Å². The Morgan fingerprint density at radius 3 is 2.35 bits per heavy atom. The van der Waals surface area contributed by atoms with E-state index in [4.69, 9.17) is 20.9 Å². The minimum Gasteiger partial charge on any atom is -0.399 e. The van der Waals surface area contributed by atoms with Crippen LogP contribution in [0.4, 0.5) is 5.82 Å². The summed E-state index contributed by atoms with van der Waals surface area (Å²) in [6.07, 6.45) is 2.39. The Hall–Kier alpha value is -0.775. The zero-order valence-corrected chi connectivity index (χ0v) is 13.1. The molecule has 108 valence electrons. The van der Waals surface area contributed by atoms with Gasteiger partial charge in [-0.1, -0.05) is 11.6 Å². The summed E-state index contributed by atoms with van der Waals surface area (Å²) in [4.78, 5) is 4.30. The summed E-state index contributed by atoms with van der Waals surface area (Å²) >= 11 is 6.11. The molecule has 1 aromatic heterocycles. The van der Waals surface area contributed by atoms with Crippen molar-refractivity contribution in [1.29, 1.82) is 0 Å².